The highest BCUT2D eigenvalue weighted by Gasteiger charge is 2.50. The minimum absolute atomic E-state index is 0.0265. The predicted octanol–water partition coefficient (Wildman–Crippen LogP) is 2.62. The molecule has 2 amide bonds. The molecule has 1 N–H and O–H groups in total. The van der Waals surface area contributed by atoms with Gasteiger partial charge in [-0.2, -0.15) is 0 Å². The van der Waals surface area contributed by atoms with Crippen LogP contribution in [0.5, 0.6) is 5.75 Å². The van der Waals surface area contributed by atoms with Crippen molar-refractivity contribution >= 4 is 21.8 Å². The zero-order valence-corrected chi connectivity index (χ0v) is 17.2. The first kappa shape index (κ1) is 22.6. The molecule has 1 aliphatic rings. The molecule has 2 aromatic carbocycles. The molecule has 1 fully saturated rings. The van der Waals surface area contributed by atoms with E-state index < -0.39 is 38.5 Å². The maximum absolute atomic E-state index is 12.8. The molecule has 1 heterocycles. The van der Waals surface area contributed by atoms with Gasteiger partial charge in [-0.25, -0.2) is 13.1 Å². The van der Waals surface area contributed by atoms with Gasteiger partial charge in [0.2, 0.25) is 5.91 Å². The Hall–Kier alpha value is -3.08. The highest BCUT2D eigenvalue weighted by molar-refractivity contribution is 7.90. The number of benzene rings is 2. The first-order chi connectivity index (χ1) is 14.4. The molecule has 0 bridgehead atoms. The van der Waals surface area contributed by atoms with Gasteiger partial charge in [-0.3, -0.25) is 9.59 Å². The molecule has 31 heavy (non-hydrogen) atoms. The van der Waals surface area contributed by atoms with Crippen molar-refractivity contribution in [2.24, 2.45) is 0 Å². The van der Waals surface area contributed by atoms with Gasteiger partial charge in [0.15, 0.2) is 0 Å². The Kier molecular flexibility index (Phi) is 5.99. The third-order valence-corrected chi connectivity index (χ3v) is 6.37. The number of hydrogen-bond donors (Lipinski definition) is 1. The number of sulfonamides is 1. The monoisotopic (exact) mass is 456 g/mol. The molecular formula is C20H19F3N2O5S. The van der Waals surface area contributed by atoms with Crippen LogP contribution >= 0.6 is 0 Å². The molecule has 0 aromatic heterocycles. The lowest BCUT2D eigenvalue weighted by Crippen LogP contribution is -2.68. The Morgan fingerprint density at radius 3 is 2.29 bits per heavy atom. The van der Waals surface area contributed by atoms with Gasteiger partial charge in [-0.15, -0.1) is 13.2 Å². The molecule has 11 heteroatoms. The van der Waals surface area contributed by atoms with E-state index in [0.717, 1.165) is 17.7 Å². The molecule has 3 rings (SSSR count). The van der Waals surface area contributed by atoms with Crippen molar-refractivity contribution in [2.45, 2.75) is 36.6 Å². The summed E-state index contributed by atoms with van der Waals surface area (Å²) in [7, 11) is -4.69. The summed E-state index contributed by atoms with van der Waals surface area (Å²) in [5.74, 6) is -2.35. The van der Waals surface area contributed by atoms with Crippen molar-refractivity contribution in [3.8, 4) is 5.75 Å². The summed E-state index contributed by atoms with van der Waals surface area (Å²) < 4.78 is 68.6. The van der Waals surface area contributed by atoms with Crippen LogP contribution in [0.1, 0.15) is 18.9 Å². The van der Waals surface area contributed by atoms with E-state index in [4.69, 9.17) is 0 Å². The second-order valence-electron chi connectivity index (χ2n) is 7.16. The first-order valence-electron chi connectivity index (χ1n) is 9.19. The molecule has 1 unspecified atom stereocenters. The van der Waals surface area contributed by atoms with E-state index in [-0.39, 0.29) is 25.3 Å². The van der Waals surface area contributed by atoms with Gasteiger partial charge in [0, 0.05) is 6.54 Å². The van der Waals surface area contributed by atoms with Gasteiger partial charge in [0.05, 0.1) is 6.42 Å². The molecule has 0 radical (unpaired) electrons. The minimum Gasteiger partial charge on any atom is -0.404 e. The number of ether oxygens (including phenoxy) is 1. The second kappa shape index (κ2) is 8.22. The fraction of sp³-hybridized carbons (Fsp3) is 0.300. The number of nitrogens with one attached hydrogen (secondary N) is 1. The Balaban J connectivity index is 1.77. The fourth-order valence-corrected chi connectivity index (χ4v) is 4.44. The summed E-state index contributed by atoms with van der Waals surface area (Å²) in [6.07, 6.45) is -4.88. The Bertz CT molecular complexity index is 1090. The van der Waals surface area contributed by atoms with Gasteiger partial charge in [0.1, 0.15) is 16.2 Å². The van der Waals surface area contributed by atoms with Gasteiger partial charge in [-0.05, 0) is 31.0 Å². The third-order valence-electron chi connectivity index (χ3n) is 5.00. The quantitative estimate of drug-likeness (QED) is 0.722. The van der Waals surface area contributed by atoms with E-state index in [1.54, 1.807) is 35.1 Å². The Morgan fingerprint density at radius 1 is 1.10 bits per heavy atom. The number of para-hydroxylation sites is 1. The molecule has 2 aromatic rings. The zero-order chi connectivity index (χ0) is 22.9. The van der Waals surface area contributed by atoms with Crippen LogP contribution in [0.4, 0.5) is 13.2 Å². The summed E-state index contributed by atoms with van der Waals surface area (Å²) in [5, 5.41) is 0. The molecule has 7 nitrogen and oxygen atoms in total. The molecule has 1 atom stereocenters. The van der Waals surface area contributed by atoms with Crippen molar-refractivity contribution < 1.29 is 35.9 Å². The predicted molar refractivity (Wildman–Crippen MR) is 103 cm³/mol. The lowest BCUT2D eigenvalue weighted by molar-refractivity contribution is -0.275. The summed E-state index contributed by atoms with van der Waals surface area (Å²) in [4.78, 5) is 25.8. The third kappa shape index (κ3) is 4.98. The van der Waals surface area contributed by atoms with Crippen molar-refractivity contribution in [1.82, 2.24) is 9.62 Å². The number of carbonyl (C=O) groups excluding carboxylic acids is 2. The van der Waals surface area contributed by atoms with Crippen molar-refractivity contribution in [3.05, 3.63) is 60.2 Å². The van der Waals surface area contributed by atoms with Crippen LogP contribution in [0, 0.1) is 0 Å². The smallest absolute Gasteiger partial charge is 0.404 e. The maximum Gasteiger partial charge on any atom is 0.573 e. The molecule has 0 saturated carbocycles. The molecular weight excluding hydrogens is 437 g/mol. The van der Waals surface area contributed by atoms with Gasteiger partial charge in [-0.1, -0.05) is 42.5 Å². The molecule has 0 spiro atoms. The summed E-state index contributed by atoms with van der Waals surface area (Å²) in [5.41, 5.74) is -0.716. The fourth-order valence-electron chi connectivity index (χ4n) is 3.23. The van der Waals surface area contributed by atoms with E-state index in [1.807, 2.05) is 0 Å². The topological polar surface area (TPSA) is 92.8 Å². The average Bonchev–Trinajstić information content (AvgIpc) is 2.65. The van der Waals surface area contributed by atoms with Crippen molar-refractivity contribution in [2.75, 3.05) is 6.54 Å². The van der Waals surface area contributed by atoms with Crippen molar-refractivity contribution in [1.29, 1.82) is 0 Å². The molecule has 0 aliphatic carbocycles. The highest BCUT2D eigenvalue weighted by atomic mass is 32.2. The summed E-state index contributed by atoms with van der Waals surface area (Å²) in [6.45, 7) is 1.66. The molecule has 1 aliphatic heterocycles. The number of nitrogens with zero attached hydrogens (tertiary/aromatic N) is 1. The number of likely N-dealkylation sites (tertiary alicyclic amines) is 1. The van der Waals surface area contributed by atoms with Gasteiger partial charge >= 0.3 is 6.36 Å². The number of alkyl halides is 3. The summed E-state index contributed by atoms with van der Waals surface area (Å²) in [6, 6.07) is 12.9. The van der Waals surface area contributed by atoms with Crippen LogP contribution in [0.2, 0.25) is 0 Å². The van der Waals surface area contributed by atoms with Crippen LogP contribution in [0.25, 0.3) is 0 Å². The number of rotatable bonds is 6. The largest absolute Gasteiger partial charge is 0.573 e. The number of hydrogen-bond acceptors (Lipinski definition) is 5. The van der Waals surface area contributed by atoms with Crippen LogP contribution in [0.3, 0.4) is 0 Å². The summed E-state index contributed by atoms with van der Waals surface area (Å²) >= 11 is 0. The Labute approximate surface area is 176 Å². The van der Waals surface area contributed by atoms with E-state index in [0.29, 0.717) is 0 Å². The van der Waals surface area contributed by atoms with E-state index in [1.165, 1.54) is 24.0 Å². The van der Waals surface area contributed by atoms with Crippen LogP contribution < -0.4 is 9.46 Å². The normalized spacial score (nSPS) is 18.8. The minimum atomic E-state index is -5.11. The van der Waals surface area contributed by atoms with Gasteiger partial charge < -0.3 is 9.64 Å². The highest BCUT2D eigenvalue weighted by Crippen LogP contribution is 2.33. The number of carbonyl (C=O) groups is 2. The average molecular weight is 456 g/mol. The SMILES string of the molecule is CC1(C(=O)NS(=O)(=O)c2ccccc2OC(F)(F)F)CCN1C(=O)Cc1ccccc1. The van der Waals surface area contributed by atoms with Crippen LogP contribution in [-0.4, -0.2) is 43.6 Å². The van der Waals surface area contributed by atoms with Gasteiger partial charge in [0.25, 0.3) is 15.9 Å². The van der Waals surface area contributed by atoms with Crippen LogP contribution in [0.15, 0.2) is 59.5 Å². The second-order valence-corrected chi connectivity index (χ2v) is 8.81. The van der Waals surface area contributed by atoms with E-state index >= 15 is 0 Å². The molecule has 1 saturated heterocycles. The first-order valence-corrected chi connectivity index (χ1v) is 10.7. The zero-order valence-electron chi connectivity index (χ0n) is 16.3. The number of amides is 2. The van der Waals surface area contributed by atoms with Crippen LogP contribution in [-0.2, 0) is 26.0 Å². The number of halogens is 3. The lowest BCUT2D eigenvalue weighted by atomic mass is 9.85. The van der Waals surface area contributed by atoms with E-state index in [9.17, 15) is 31.2 Å². The maximum atomic E-state index is 12.8. The van der Waals surface area contributed by atoms with E-state index in [2.05, 4.69) is 4.74 Å². The molecule has 166 valence electrons. The Morgan fingerprint density at radius 2 is 1.71 bits per heavy atom. The lowest BCUT2D eigenvalue weighted by Gasteiger charge is -2.49. The van der Waals surface area contributed by atoms with Crippen molar-refractivity contribution in [3.63, 3.8) is 0 Å². The standard InChI is InChI=1S/C20H19F3N2O5S/c1-19(11-12-25(19)17(26)13-14-7-3-2-4-8-14)18(27)24-31(28,29)16-10-6-5-9-15(16)30-20(21,22)23/h2-10H,11-13H2,1H3,(H,24,27).